The van der Waals surface area contributed by atoms with Crippen molar-refractivity contribution < 1.29 is 0 Å². The molecule has 0 saturated heterocycles. The lowest BCUT2D eigenvalue weighted by Gasteiger charge is -2.13. The van der Waals surface area contributed by atoms with Crippen LogP contribution in [0.5, 0.6) is 0 Å². The van der Waals surface area contributed by atoms with Crippen LogP contribution in [0.15, 0.2) is 24.3 Å². The van der Waals surface area contributed by atoms with Gasteiger partial charge in [-0.05, 0) is 43.0 Å². The van der Waals surface area contributed by atoms with Crippen LogP contribution in [0.25, 0.3) is 0 Å². The van der Waals surface area contributed by atoms with E-state index in [2.05, 4.69) is 5.32 Å². The van der Waals surface area contributed by atoms with E-state index in [0.29, 0.717) is 0 Å². The van der Waals surface area contributed by atoms with Gasteiger partial charge in [-0.15, -0.1) is 0 Å². The smallest absolute Gasteiger partial charge is 0.0422 e. The Labute approximate surface area is 95.8 Å². The minimum atomic E-state index is 0.0439. The van der Waals surface area contributed by atoms with Gasteiger partial charge in [-0.2, -0.15) is 0 Å². The molecule has 2 rings (SSSR count). The molecule has 1 saturated carbocycles. The van der Waals surface area contributed by atoms with Crippen molar-refractivity contribution in [1.29, 1.82) is 0 Å². The fourth-order valence-electron chi connectivity index (χ4n) is 1.62. The minimum Gasteiger partial charge on any atom is -0.323 e. The number of hydrogen-bond acceptors (Lipinski definition) is 2. The molecular formula is C12H17ClN2. The highest BCUT2D eigenvalue weighted by atomic mass is 35.5. The highest BCUT2D eigenvalue weighted by Crippen LogP contribution is 2.27. The number of halogens is 1. The van der Waals surface area contributed by atoms with E-state index >= 15 is 0 Å². The second-order valence-corrected chi connectivity index (χ2v) is 4.70. The van der Waals surface area contributed by atoms with E-state index in [0.717, 1.165) is 29.6 Å². The van der Waals surface area contributed by atoms with Gasteiger partial charge >= 0.3 is 0 Å². The van der Waals surface area contributed by atoms with Crippen LogP contribution < -0.4 is 11.1 Å². The van der Waals surface area contributed by atoms with E-state index < -0.39 is 0 Å². The Morgan fingerprint density at radius 2 is 2.27 bits per heavy atom. The predicted octanol–water partition coefficient (Wildman–Crippen LogP) is 2.34. The molecule has 0 unspecified atom stereocenters. The lowest BCUT2D eigenvalue weighted by atomic mass is 10.1. The molecule has 0 bridgehead atoms. The van der Waals surface area contributed by atoms with E-state index in [9.17, 15) is 0 Å². The molecule has 0 heterocycles. The molecule has 3 heteroatoms. The molecule has 0 spiro atoms. The van der Waals surface area contributed by atoms with Crippen molar-refractivity contribution in [2.75, 3.05) is 13.1 Å². The zero-order valence-electron chi connectivity index (χ0n) is 8.75. The van der Waals surface area contributed by atoms with Crippen molar-refractivity contribution in [1.82, 2.24) is 5.32 Å². The molecule has 2 nitrogen and oxygen atoms in total. The second kappa shape index (κ2) is 4.97. The van der Waals surface area contributed by atoms with Crippen LogP contribution in [0.4, 0.5) is 0 Å². The van der Waals surface area contributed by atoms with Crippen molar-refractivity contribution in [3.05, 3.63) is 34.9 Å². The molecule has 0 aromatic heterocycles. The fraction of sp³-hybridized carbons (Fsp3) is 0.500. The molecule has 1 aromatic rings. The van der Waals surface area contributed by atoms with Gasteiger partial charge < -0.3 is 11.1 Å². The Morgan fingerprint density at radius 3 is 2.93 bits per heavy atom. The lowest BCUT2D eigenvalue weighted by molar-refractivity contribution is 0.574. The maximum Gasteiger partial charge on any atom is 0.0422 e. The van der Waals surface area contributed by atoms with Gasteiger partial charge in [0.25, 0.3) is 0 Å². The average Bonchev–Trinajstić information content (AvgIpc) is 3.01. The largest absolute Gasteiger partial charge is 0.323 e. The van der Waals surface area contributed by atoms with Gasteiger partial charge in [0, 0.05) is 17.6 Å². The number of rotatable bonds is 5. The quantitative estimate of drug-likeness (QED) is 0.806. The van der Waals surface area contributed by atoms with Crippen molar-refractivity contribution in [2.24, 2.45) is 11.7 Å². The van der Waals surface area contributed by atoms with Crippen molar-refractivity contribution in [2.45, 2.75) is 18.9 Å². The summed E-state index contributed by atoms with van der Waals surface area (Å²) in [6, 6.07) is 7.82. The highest BCUT2D eigenvalue weighted by molar-refractivity contribution is 6.30. The van der Waals surface area contributed by atoms with Crippen LogP contribution in [-0.4, -0.2) is 13.1 Å². The summed E-state index contributed by atoms with van der Waals surface area (Å²) < 4.78 is 0. The number of nitrogens with two attached hydrogens (primary N) is 1. The maximum absolute atomic E-state index is 6.05. The SMILES string of the molecule is N[C@H](CNCC1CC1)c1cccc(Cl)c1. The van der Waals surface area contributed by atoms with Gasteiger partial charge in [-0.3, -0.25) is 0 Å². The molecular weight excluding hydrogens is 208 g/mol. The first kappa shape index (κ1) is 10.9. The molecule has 0 amide bonds. The Kier molecular flexibility index (Phi) is 3.62. The number of hydrogen-bond donors (Lipinski definition) is 2. The summed E-state index contributed by atoms with van der Waals surface area (Å²) in [5, 5.41) is 4.15. The minimum absolute atomic E-state index is 0.0439. The molecule has 1 aliphatic carbocycles. The monoisotopic (exact) mass is 224 g/mol. The lowest BCUT2D eigenvalue weighted by Crippen LogP contribution is -2.28. The Bertz CT molecular complexity index is 323. The van der Waals surface area contributed by atoms with E-state index in [1.54, 1.807) is 0 Å². The molecule has 82 valence electrons. The fourth-order valence-corrected chi connectivity index (χ4v) is 1.82. The van der Waals surface area contributed by atoms with Gasteiger partial charge in [-0.25, -0.2) is 0 Å². The van der Waals surface area contributed by atoms with Crippen molar-refractivity contribution in [3.63, 3.8) is 0 Å². The van der Waals surface area contributed by atoms with Crippen LogP contribution in [-0.2, 0) is 0 Å². The van der Waals surface area contributed by atoms with Crippen LogP contribution in [0.2, 0.25) is 5.02 Å². The third-order valence-corrected chi connectivity index (χ3v) is 3.01. The van der Waals surface area contributed by atoms with Crippen LogP contribution in [0.3, 0.4) is 0 Å². The normalized spacial score (nSPS) is 17.7. The summed E-state index contributed by atoms with van der Waals surface area (Å²) in [5.41, 5.74) is 7.15. The molecule has 1 atom stereocenters. The number of nitrogens with one attached hydrogen (secondary N) is 1. The summed E-state index contributed by atoms with van der Waals surface area (Å²) >= 11 is 5.91. The highest BCUT2D eigenvalue weighted by Gasteiger charge is 2.20. The van der Waals surface area contributed by atoms with Crippen LogP contribution in [0.1, 0.15) is 24.4 Å². The molecule has 1 aliphatic rings. The molecule has 0 radical (unpaired) electrons. The molecule has 15 heavy (non-hydrogen) atoms. The average molecular weight is 225 g/mol. The van der Waals surface area contributed by atoms with Gasteiger partial charge in [0.1, 0.15) is 0 Å². The van der Waals surface area contributed by atoms with E-state index in [1.807, 2.05) is 24.3 Å². The van der Waals surface area contributed by atoms with Gasteiger partial charge in [0.15, 0.2) is 0 Å². The predicted molar refractivity (Wildman–Crippen MR) is 64.0 cm³/mol. The zero-order chi connectivity index (χ0) is 10.7. The summed E-state index contributed by atoms with van der Waals surface area (Å²) in [6.07, 6.45) is 2.75. The summed E-state index contributed by atoms with van der Waals surface area (Å²) in [4.78, 5) is 0. The van der Waals surface area contributed by atoms with Gasteiger partial charge in [-0.1, -0.05) is 23.7 Å². The topological polar surface area (TPSA) is 38.0 Å². The van der Waals surface area contributed by atoms with E-state index in [1.165, 1.54) is 12.8 Å². The second-order valence-electron chi connectivity index (χ2n) is 4.26. The summed E-state index contributed by atoms with van der Waals surface area (Å²) in [5.74, 6) is 0.900. The Hall–Kier alpha value is -0.570. The van der Waals surface area contributed by atoms with E-state index in [4.69, 9.17) is 17.3 Å². The third kappa shape index (κ3) is 3.49. The summed E-state index contributed by atoms with van der Waals surface area (Å²) in [6.45, 7) is 1.94. The maximum atomic E-state index is 6.05. The molecule has 1 aromatic carbocycles. The Balaban J connectivity index is 1.80. The van der Waals surface area contributed by atoms with E-state index in [-0.39, 0.29) is 6.04 Å². The van der Waals surface area contributed by atoms with Crippen LogP contribution in [0, 0.1) is 5.92 Å². The summed E-state index contributed by atoms with van der Waals surface area (Å²) in [7, 11) is 0. The van der Waals surface area contributed by atoms with Gasteiger partial charge in [0.2, 0.25) is 0 Å². The third-order valence-electron chi connectivity index (χ3n) is 2.77. The first-order valence-electron chi connectivity index (χ1n) is 5.47. The molecule has 0 aliphatic heterocycles. The van der Waals surface area contributed by atoms with Crippen LogP contribution >= 0.6 is 11.6 Å². The first-order valence-corrected chi connectivity index (χ1v) is 5.85. The van der Waals surface area contributed by atoms with Gasteiger partial charge in [0.05, 0.1) is 0 Å². The Morgan fingerprint density at radius 1 is 1.47 bits per heavy atom. The molecule has 3 N–H and O–H groups in total. The molecule has 1 fully saturated rings. The standard InChI is InChI=1S/C12H17ClN2/c13-11-3-1-2-10(6-11)12(14)8-15-7-9-4-5-9/h1-3,6,9,12,15H,4-5,7-8,14H2/t12-/m1/s1. The van der Waals surface area contributed by atoms with Crippen molar-refractivity contribution >= 4 is 11.6 Å². The zero-order valence-corrected chi connectivity index (χ0v) is 9.50. The van der Waals surface area contributed by atoms with Crippen molar-refractivity contribution in [3.8, 4) is 0 Å². The number of benzene rings is 1. The first-order chi connectivity index (χ1) is 7.25.